The Hall–Kier alpha value is -3.80. The molecule has 0 aliphatic heterocycles. The SMILES string of the molecule is O=C(Nc1ccc(-c2ccc(C(=O)O)cc2O)cc1)OCc1ccccc1. The van der Waals surface area contributed by atoms with Gasteiger partial charge in [-0.1, -0.05) is 42.5 Å². The van der Waals surface area contributed by atoms with Gasteiger partial charge in [0.05, 0.1) is 5.56 Å². The zero-order valence-corrected chi connectivity index (χ0v) is 14.3. The van der Waals surface area contributed by atoms with E-state index in [-0.39, 0.29) is 17.9 Å². The van der Waals surface area contributed by atoms with Crippen LogP contribution in [-0.4, -0.2) is 22.3 Å². The Bertz CT molecular complexity index is 952. The van der Waals surface area contributed by atoms with E-state index in [4.69, 9.17) is 9.84 Å². The lowest BCUT2D eigenvalue weighted by Gasteiger charge is -2.09. The monoisotopic (exact) mass is 363 g/mol. The highest BCUT2D eigenvalue weighted by molar-refractivity contribution is 5.90. The van der Waals surface area contributed by atoms with Crippen molar-refractivity contribution < 1.29 is 24.5 Å². The smallest absolute Gasteiger partial charge is 0.411 e. The van der Waals surface area contributed by atoms with E-state index in [1.54, 1.807) is 24.3 Å². The van der Waals surface area contributed by atoms with Gasteiger partial charge >= 0.3 is 12.1 Å². The van der Waals surface area contributed by atoms with Gasteiger partial charge in [0.1, 0.15) is 12.4 Å². The predicted molar refractivity (Wildman–Crippen MR) is 101 cm³/mol. The van der Waals surface area contributed by atoms with Crippen LogP contribution in [0.4, 0.5) is 10.5 Å². The summed E-state index contributed by atoms with van der Waals surface area (Å²) in [7, 11) is 0. The minimum atomic E-state index is -1.11. The first kappa shape index (κ1) is 18.0. The summed E-state index contributed by atoms with van der Waals surface area (Å²) in [6, 6.07) is 20.3. The quantitative estimate of drug-likeness (QED) is 0.620. The maximum Gasteiger partial charge on any atom is 0.411 e. The number of nitrogens with one attached hydrogen (secondary N) is 1. The number of carboxylic acid groups (broad SMARTS) is 1. The molecule has 3 N–H and O–H groups in total. The zero-order valence-electron chi connectivity index (χ0n) is 14.3. The first-order valence-electron chi connectivity index (χ1n) is 8.17. The Morgan fingerprint density at radius 3 is 2.26 bits per heavy atom. The van der Waals surface area contributed by atoms with Gasteiger partial charge in [0.15, 0.2) is 0 Å². The van der Waals surface area contributed by atoms with E-state index >= 15 is 0 Å². The molecule has 0 fully saturated rings. The molecule has 0 atom stereocenters. The number of phenols is 1. The fourth-order valence-corrected chi connectivity index (χ4v) is 2.52. The molecule has 0 bridgehead atoms. The Labute approximate surface area is 155 Å². The number of aromatic carboxylic acids is 1. The lowest BCUT2D eigenvalue weighted by atomic mass is 10.0. The second-order valence-corrected chi connectivity index (χ2v) is 5.80. The molecule has 1 amide bonds. The number of carbonyl (C=O) groups is 2. The third-order valence-corrected chi connectivity index (χ3v) is 3.90. The number of hydrogen-bond acceptors (Lipinski definition) is 4. The van der Waals surface area contributed by atoms with Crippen molar-refractivity contribution in [1.82, 2.24) is 0 Å². The Balaban J connectivity index is 1.63. The third-order valence-electron chi connectivity index (χ3n) is 3.90. The van der Waals surface area contributed by atoms with Crippen LogP contribution in [0.3, 0.4) is 0 Å². The molecule has 0 aliphatic carbocycles. The van der Waals surface area contributed by atoms with E-state index in [2.05, 4.69) is 5.32 Å². The summed E-state index contributed by atoms with van der Waals surface area (Å²) in [6.07, 6.45) is -0.569. The molecule has 3 aromatic rings. The second-order valence-electron chi connectivity index (χ2n) is 5.80. The van der Waals surface area contributed by atoms with Gasteiger partial charge in [-0.05, 0) is 41.5 Å². The van der Waals surface area contributed by atoms with Crippen LogP contribution in [-0.2, 0) is 11.3 Å². The Kier molecular flexibility index (Phi) is 5.37. The molecule has 0 saturated carbocycles. The molecular weight excluding hydrogens is 346 g/mol. The van der Waals surface area contributed by atoms with Crippen molar-refractivity contribution in [2.45, 2.75) is 6.61 Å². The topological polar surface area (TPSA) is 95.9 Å². The van der Waals surface area contributed by atoms with Crippen LogP contribution in [0.5, 0.6) is 5.75 Å². The molecule has 136 valence electrons. The molecule has 0 aliphatic rings. The van der Waals surface area contributed by atoms with Gasteiger partial charge in [-0.2, -0.15) is 0 Å². The van der Waals surface area contributed by atoms with Gasteiger partial charge in [-0.3, -0.25) is 5.32 Å². The van der Waals surface area contributed by atoms with Crippen LogP contribution >= 0.6 is 0 Å². The van der Waals surface area contributed by atoms with Gasteiger partial charge in [0, 0.05) is 11.3 Å². The van der Waals surface area contributed by atoms with Gasteiger partial charge in [0.25, 0.3) is 0 Å². The molecule has 0 radical (unpaired) electrons. The van der Waals surface area contributed by atoms with Gasteiger partial charge in [-0.15, -0.1) is 0 Å². The van der Waals surface area contributed by atoms with Crippen LogP contribution in [0.15, 0.2) is 72.8 Å². The number of carboxylic acids is 1. The van der Waals surface area contributed by atoms with Crippen LogP contribution < -0.4 is 5.32 Å². The molecule has 0 unspecified atom stereocenters. The zero-order chi connectivity index (χ0) is 19.2. The summed E-state index contributed by atoms with van der Waals surface area (Å²) in [6.45, 7) is 0.175. The highest BCUT2D eigenvalue weighted by Crippen LogP contribution is 2.30. The maximum absolute atomic E-state index is 11.9. The first-order chi connectivity index (χ1) is 13.0. The number of benzene rings is 3. The molecule has 27 heavy (non-hydrogen) atoms. The number of carbonyl (C=O) groups excluding carboxylic acids is 1. The Morgan fingerprint density at radius 2 is 1.63 bits per heavy atom. The largest absolute Gasteiger partial charge is 0.507 e. The van der Waals surface area contributed by atoms with Gasteiger partial charge in [0.2, 0.25) is 0 Å². The molecule has 3 aromatic carbocycles. The highest BCUT2D eigenvalue weighted by Gasteiger charge is 2.10. The van der Waals surface area contributed by atoms with Crippen molar-refractivity contribution in [3.05, 3.63) is 83.9 Å². The molecule has 3 rings (SSSR count). The number of amides is 1. The first-order valence-corrected chi connectivity index (χ1v) is 8.17. The molecule has 0 aromatic heterocycles. The predicted octanol–water partition coefficient (Wildman–Crippen LogP) is 4.51. The van der Waals surface area contributed by atoms with E-state index in [1.165, 1.54) is 18.2 Å². The van der Waals surface area contributed by atoms with E-state index in [0.29, 0.717) is 16.8 Å². The van der Waals surface area contributed by atoms with Crippen LogP contribution in [0.25, 0.3) is 11.1 Å². The molecule has 0 heterocycles. The molecule has 0 spiro atoms. The van der Waals surface area contributed by atoms with Crippen LogP contribution in [0.2, 0.25) is 0 Å². The number of rotatable bonds is 5. The van der Waals surface area contributed by atoms with Crippen molar-refractivity contribution in [2.24, 2.45) is 0 Å². The lowest BCUT2D eigenvalue weighted by Crippen LogP contribution is -2.13. The Morgan fingerprint density at radius 1 is 0.926 bits per heavy atom. The van der Waals surface area contributed by atoms with Crippen molar-refractivity contribution in [3.8, 4) is 16.9 Å². The second kappa shape index (κ2) is 8.05. The van der Waals surface area contributed by atoms with Crippen LogP contribution in [0, 0.1) is 0 Å². The number of aromatic hydroxyl groups is 1. The highest BCUT2D eigenvalue weighted by atomic mass is 16.5. The van der Waals surface area contributed by atoms with Gasteiger partial charge < -0.3 is 14.9 Å². The molecule has 6 heteroatoms. The van der Waals surface area contributed by atoms with E-state index in [9.17, 15) is 14.7 Å². The minimum absolute atomic E-state index is 0.00991. The van der Waals surface area contributed by atoms with E-state index < -0.39 is 12.1 Å². The summed E-state index contributed by atoms with van der Waals surface area (Å²) in [4.78, 5) is 22.8. The standard InChI is InChI=1S/C21H17NO5/c23-19-12-16(20(24)25)8-11-18(19)15-6-9-17(10-7-15)22-21(26)27-13-14-4-2-1-3-5-14/h1-12,23H,13H2,(H,22,26)(H,24,25). The summed E-state index contributed by atoms with van der Waals surface area (Å²) in [5.41, 5.74) is 2.63. The molecular formula is C21H17NO5. The van der Waals surface area contributed by atoms with Crippen molar-refractivity contribution in [2.75, 3.05) is 5.32 Å². The van der Waals surface area contributed by atoms with Crippen molar-refractivity contribution in [3.63, 3.8) is 0 Å². The fraction of sp³-hybridized carbons (Fsp3) is 0.0476. The number of phenolic OH excluding ortho intramolecular Hbond substituents is 1. The van der Waals surface area contributed by atoms with E-state index in [0.717, 1.165) is 5.56 Å². The summed E-state index contributed by atoms with van der Waals surface area (Å²) < 4.78 is 5.16. The minimum Gasteiger partial charge on any atom is -0.507 e. The van der Waals surface area contributed by atoms with Gasteiger partial charge in [-0.25, -0.2) is 9.59 Å². The normalized spacial score (nSPS) is 10.2. The van der Waals surface area contributed by atoms with Crippen molar-refractivity contribution >= 4 is 17.7 Å². The maximum atomic E-state index is 11.9. The van der Waals surface area contributed by atoms with Crippen LogP contribution in [0.1, 0.15) is 15.9 Å². The summed E-state index contributed by atoms with van der Waals surface area (Å²) in [5, 5.41) is 21.6. The summed E-state index contributed by atoms with van der Waals surface area (Å²) in [5.74, 6) is -1.23. The summed E-state index contributed by atoms with van der Waals surface area (Å²) >= 11 is 0. The molecule has 6 nitrogen and oxygen atoms in total. The number of anilines is 1. The number of hydrogen-bond donors (Lipinski definition) is 3. The average Bonchev–Trinajstić information content (AvgIpc) is 2.68. The third kappa shape index (κ3) is 4.64. The fourth-order valence-electron chi connectivity index (χ4n) is 2.52. The number of ether oxygens (including phenoxy) is 1. The lowest BCUT2D eigenvalue weighted by molar-refractivity contribution is 0.0696. The average molecular weight is 363 g/mol. The van der Waals surface area contributed by atoms with E-state index in [1.807, 2.05) is 30.3 Å². The molecule has 0 saturated heterocycles. The van der Waals surface area contributed by atoms with Crippen molar-refractivity contribution in [1.29, 1.82) is 0 Å².